The SMILES string of the molecule is Cc1sc(N(C(C)C)C(C)C)n[n+]1C. The molecule has 0 saturated heterocycles. The number of hydrogen-bond donors (Lipinski definition) is 0. The van der Waals surface area contributed by atoms with Crippen molar-refractivity contribution in [3.8, 4) is 0 Å². The summed E-state index contributed by atoms with van der Waals surface area (Å²) in [6, 6.07) is 1.00. The number of aryl methyl sites for hydroxylation is 2. The third kappa shape index (κ3) is 2.23. The van der Waals surface area contributed by atoms with E-state index in [0.717, 1.165) is 5.13 Å². The van der Waals surface area contributed by atoms with Gasteiger partial charge in [0, 0.05) is 24.1 Å². The molecule has 0 aliphatic heterocycles. The predicted molar refractivity (Wildman–Crippen MR) is 60.8 cm³/mol. The first kappa shape index (κ1) is 11.4. The van der Waals surface area contributed by atoms with Gasteiger partial charge in [-0.25, -0.2) is 0 Å². The average molecular weight is 214 g/mol. The van der Waals surface area contributed by atoms with Gasteiger partial charge in [-0.2, -0.15) is 0 Å². The van der Waals surface area contributed by atoms with Crippen molar-refractivity contribution in [1.29, 1.82) is 0 Å². The van der Waals surface area contributed by atoms with Crippen molar-refractivity contribution in [1.82, 2.24) is 5.10 Å². The summed E-state index contributed by atoms with van der Waals surface area (Å²) in [6.07, 6.45) is 0. The maximum Gasteiger partial charge on any atom is 0.263 e. The van der Waals surface area contributed by atoms with E-state index in [1.807, 2.05) is 11.7 Å². The van der Waals surface area contributed by atoms with Gasteiger partial charge >= 0.3 is 0 Å². The summed E-state index contributed by atoms with van der Waals surface area (Å²) < 4.78 is 1.94. The van der Waals surface area contributed by atoms with Crippen molar-refractivity contribution in [3.63, 3.8) is 0 Å². The van der Waals surface area contributed by atoms with Crippen LogP contribution >= 0.6 is 11.3 Å². The Kier molecular flexibility index (Phi) is 3.48. The summed E-state index contributed by atoms with van der Waals surface area (Å²) in [5, 5.41) is 6.88. The summed E-state index contributed by atoms with van der Waals surface area (Å²) in [6.45, 7) is 10.9. The van der Waals surface area contributed by atoms with E-state index in [1.165, 1.54) is 5.01 Å². The van der Waals surface area contributed by atoms with Crippen molar-refractivity contribution in [3.05, 3.63) is 5.01 Å². The molecule has 1 aromatic rings. The molecule has 0 N–H and O–H groups in total. The maximum atomic E-state index is 4.51. The van der Waals surface area contributed by atoms with Gasteiger partial charge in [-0.3, -0.25) is 0 Å². The largest absolute Gasteiger partial charge is 0.338 e. The lowest BCUT2D eigenvalue weighted by molar-refractivity contribution is -0.730. The van der Waals surface area contributed by atoms with Gasteiger partial charge in [0.1, 0.15) is 0 Å². The molecule has 0 bridgehead atoms. The first-order chi connectivity index (χ1) is 6.43. The highest BCUT2D eigenvalue weighted by atomic mass is 32.1. The molecule has 0 unspecified atom stereocenters. The Labute approximate surface area is 90.4 Å². The topological polar surface area (TPSA) is 20.0 Å². The van der Waals surface area contributed by atoms with Crippen LogP contribution in [0.3, 0.4) is 0 Å². The summed E-state index contributed by atoms with van der Waals surface area (Å²) in [4.78, 5) is 2.34. The summed E-state index contributed by atoms with van der Waals surface area (Å²) in [5.41, 5.74) is 0. The molecule has 0 atom stereocenters. The molecule has 0 amide bonds. The van der Waals surface area contributed by atoms with Crippen molar-refractivity contribution in [2.75, 3.05) is 4.90 Å². The van der Waals surface area contributed by atoms with E-state index in [-0.39, 0.29) is 0 Å². The van der Waals surface area contributed by atoms with E-state index in [4.69, 9.17) is 0 Å². The molecule has 1 rings (SSSR count). The molecule has 0 fully saturated rings. The highest BCUT2D eigenvalue weighted by Crippen LogP contribution is 2.22. The summed E-state index contributed by atoms with van der Waals surface area (Å²) >= 11 is 1.76. The Morgan fingerprint density at radius 1 is 1.21 bits per heavy atom. The van der Waals surface area contributed by atoms with Crippen molar-refractivity contribution < 1.29 is 4.68 Å². The molecule has 1 heterocycles. The molecule has 80 valence electrons. The molecule has 4 heteroatoms. The third-order valence-electron chi connectivity index (χ3n) is 2.26. The molecule has 3 nitrogen and oxygen atoms in total. The molecule has 0 radical (unpaired) electrons. The number of aromatic nitrogens is 2. The Morgan fingerprint density at radius 3 is 2.00 bits per heavy atom. The predicted octanol–water partition coefficient (Wildman–Crippen LogP) is 1.90. The molecule has 0 aliphatic carbocycles. The van der Waals surface area contributed by atoms with Crippen LogP contribution in [0.2, 0.25) is 0 Å². The van der Waals surface area contributed by atoms with E-state index in [2.05, 4.69) is 44.6 Å². The number of nitrogens with zero attached hydrogens (tertiary/aromatic N) is 3. The number of hydrogen-bond acceptors (Lipinski definition) is 3. The first-order valence-electron chi connectivity index (χ1n) is 5.05. The van der Waals surface area contributed by atoms with Gasteiger partial charge in [-0.15, -0.1) is 0 Å². The second kappa shape index (κ2) is 4.26. The average Bonchev–Trinajstić information content (AvgIpc) is 2.29. The van der Waals surface area contributed by atoms with Crippen LogP contribution in [0.25, 0.3) is 0 Å². The first-order valence-corrected chi connectivity index (χ1v) is 5.87. The summed E-state index contributed by atoms with van der Waals surface area (Å²) in [7, 11) is 1.99. The minimum absolute atomic E-state index is 0.501. The molecular formula is C10H20N3S+. The lowest BCUT2D eigenvalue weighted by Gasteiger charge is -2.28. The van der Waals surface area contributed by atoms with Crippen molar-refractivity contribution in [2.24, 2.45) is 7.05 Å². The van der Waals surface area contributed by atoms with Crippen LogP contribution in [0.4, 0.5) is 5.13 Å². The number of anilines is 1. The molecule has 1 aromatic heterocycles. The highest BCUT2D eigenvalue weighted by molar-refractivity contribution is 7.14. The van der Waals surface area contributed by atoms with Crippen LogP contribution in [0, 0.1) is 6.92 Å². The standard InChI is InChI=1S/C10H20N3S/c1-7(2)13(8(3)4)10-11-12(6)9(5)14-10/h7-8H,1-6H3/q+1. The fraction of sp³-hybridized carbons (Fsp3) is 0.800. The molecule has 0 saturated carbocycles. The van der Waals surface area contributed by atoms with Gasteiger partial charge in [0.05, 0.1) is 0 Å². The van der Waals surface area contributed by atoms with Crippen LogP contribution < -0.4 is 9.58 Å². The lowest BCUT2D eigenvalue weighted by atomic mass is 10.2. The Hall–Kier alpha value is -0.640. The molecular weight excluding hydrogens is 194 g/mol. The minimum atomic E-state index is 0.501. The zero-order valence-electron chi connectivity index (χ0n) is 9.90. The van der Waals surface area contributed by atoms with Gasteiger partial charge in [0.15, 0.2) is 7.05 Å². The monoisotopic (exact) mass is 214 g/mol. The Bertz CT molecular complexity index is 277. The van der Waals surface area contributed by atoms with Crippen LogP contribution in [-0.2, 0) is 7.05 Å². The Balaban J connectivity index is 2.99. The van der Waals surface area contributed by atoms with Gasteiger partial charge in [-0.05, 0) is 39.0 Å². The quantitative estimate of drug-likeness (QED) is 0.716. The fourth-order valence-corrected chi connectivity index (χ4v) is 2.69. The maximum absolute atomic E-state index is 4.51. The van der Waals surface area contributed by atoms with Crippen molar-refractivity contribution in [2.45, 2.75) is 46.7 Å². The Morgan fingerprint density at radius 2 is 1.71 bits per heavy atom. The lowest BCUT2D eigenvalue weighted by Crippen LogP contribution is -2.39. The smallest absolute Gasteiger partial charge is 0.263 e. The zero-order chi connectivity index (χ0) is 10.9. The van der Waals surface area contributed by atoms with Crippen LogP contribution in [0.5, 0.6) is 0 Å². The molecule has 0 aromatic carbocycles. The zero-order valence-corrected chi connectivity index (χ0v) is 10.7. The van der Waals surface area contributed by atoms with Crippen molar-refractivity contribution >= 4 is 16.5 Å². The third-order valence-corrected chi connectivity index (χ3v) is 3.30. The minimum Gasteiger partial charge on any atom is -0.338 e. The highest BCUT2D eigenvalue weighted by Gasteiger charge is 2.22. The van der Waals surface area contributed by atoms with E-state index in [1.54, 1.807) is 11.3 Å². The second-order valence-electron chi connectivity index (χ2n) is 4.12. The van der Waals surface area contributed by atoms with Gasteiger partial charge in [-0.1, -0.05) is 4.68 Å². The van der Waals surface area contributed by atoms with Gasteiger partial charge in [0.25, 0.3) is 10.1 Å². The van der Waals surface area contributed by atoms with Crippen LogP contribution in [-0.4, -0.2) is 17.2 Å². The van der Waals surface area contributed by atoms with E-state index in [0.29, 0.717) is 12.1 Å². The van der Waals surface area contributed by atoms with E-state index >= 15 is 0 Å². The fourth-order valence-electron chi connectivity index (χ4n) is 1.56. The molecule has 14 heavy (non-hydrogen) atoms. The van der Waals surface area contributed by atoms with E-state index < -0.39 is 0 Å². The molecule has 0 spiro atoms. The second-order valence-corrected chi connectivity index (χ2v) is 5.28. The van der Waals surface area contributed by atoms with Crippen LogP contribution in [0.15, 0.2) is 0 Å². The molecule has 0 aliphatic rings. The summed E-state index contributed by atoms with van der Waals surface area (Å²) in [5.74, 6) is 0. The van der Waals surface area contributed by atoms with Crippen LogP contribution in [0.1, 0.15) is 32.7 Å². The number of rotatable bonds is 3. The van der Waals surface area contributed by atoms with E-state index in [9.17, 15) is 0 Å². The normalized spacial score (nSPS) is 11.4. The van der Waals surface area contributed by atoms with Gasteiger partial charge in [0.2, 0.25) is 0 Å². The van der Waals surface area contributed by atoms with Gasteiger partial charge < -0.3 is 4.90 Å².